The van der Waals surface area contributed by atoms with Crippen molar-refractivity contribution in [3.8, 4) is 0 Å². The first kappa shape index (κ1) is 17.6. The fourth-order valence-electron chi connectivity index (χ4n) is 3.64. The van der Waals surface area contributed by atoms with Crippen molar-refractivity contribution in [2.45, 2.75) is 25.7 Å². The van der Waals surface area contributed by atoms with Crippen molar-refractivity contribution in [3.63, 3.8) is 0 Å². The van der Waals surface area contributed by atoms with Crippen molar-refractivity contribution in [1.29, 1.82) is 0 Å². The van der Waals surface area contributed by atoms with E-state index in [2.05, 4.69) is 11.9 Å². The summed E-state index contributed by atoms with van der Waals surface area (Å²) in [6, 6.07) is 18.9. The number of carbonyl (C=O) groups is 2. The number of ketones is 2. The van der Waals surface area contributed by atoms with Crippen LogP contribution in [0.3, 0.4) is 0 Å². The Morgan fingerprint density at radius 2 is 1.20 bits per heavy atom. The van der Waals surface area contributed by atoms with Crippen LogP contribution in [-0.2, 0) is 0 Å². The number of hydrogen-bond donors (Lipinski definition) is 0. The summed E-state index contributed by atoms with van der Waals surface area (Å²) in [5.74, 6) is 0.289. The molecular weight excluding hydrogens is 310 g/mol. The predicted molar refractivity (Wildman–Crippen MR) is 99.9 cm³/mol. The molecule has 0 amide bonds. The molecule has 1 aliphatic rings. The van der Waals surface area contributed by atoms with Crippen LogP contribution in [0.5, 0.6) is 0 Å². The number of Topliss-reactive ketones (excluding diaryl/α,β-unsaturated/α-hetero) is 2. The molecule has 1 heterocycles. The number of rotatable bonds is 6. The zero-order valence-electron chi connectivity index (χ0n) is 14.8. The number of nitrogens with zero attached hydrogens (tertiary/aromatic N) is 1. The molecule has 0 atom stereocenters. The monoisotopic (exact) mass is 335 g/mol. The van der Waals surface area contributed by atoms with Gasteiger partial charge in [0.1, 0.15) is 0 Å². The third kappa shape index (κ3) is 4.43. The lowest BCUT2D eigenvalue weighted by atomic mass is 9.70. The maximum atomic E-state index is 12.8. The molecule has 0 bridgehead atoms. The van der Waals surface area contributed by atoms with Gasteiger partial charge in [0.15, 0.2) is 11.6 Å². The van der Waals surface area contributed by atoms with Gasteiger partial charge in [0.25, 0.3) is 0 Å². The van der Waals surface area contributed by atoms with Crippen molar-refractivity contribution in [2.75, 3.05) is 20.1 Å². The lowest BCUT2D eigenvalue weighted by Gasteiger charge is -2.40. The number of likely N-dealkylation sites (tertiary alicyclic amines) is 1. The molecule has 25 heavy (non-hydrogen) atoms. The summed E-state index contributed by atoms with van der Waals surface area (Å²) in [5.41, 5.74) is 1.26. The molecule has 0 saturated carbocycles. The van der Waals surface area contributed by atoms with Crippen LogP contribution in [0.15, 0.2) is 60.7 Å². The molecular formula is C22H25NO2. The fraction of sp³-hybridized carbons (Fsp3) is 0.364. The van der Waals surface area contributed by atoms with Gasteiger partial charge in [0.2, 0.25) is 0 Å². The van der Waals surface area contributed by atoms with Gasteiger partial charge >= 0.3 is 0 Å². The maximum Gasteiger partial charge on any atom is 0.163 e. The molecule has 1 saturated heterocycles. The van der Waals surface area contributed by atoms with Crippen molar-refractivity contribution in [3.05, 3.63) is 71.8 Å². The van der Waals surface area contributed by atoms with Crippen molar-refractivity contribution >= 4 is 11.6 Å². The number of hydrogen-bond acceptors (Lipinski definition) is 3. The lowest BCUT2D eigenvalue weighted by Crippen LogP contribution is -2.40. The van der Waals surface area contributed by atoms with E-state index in [4.69, 9.17) is 0 Å². The van der Waals surface area contributed by atoms with Crippen molar-refractivity contribution in [2.24, 2.45) is 5.41 Å². The van der Waals surface area contributed by atoms with E-state index in [1.54, 1.807) is 0 Å². The first-order valence-electron chi connectivity index (χ1n) is 8.93. The van der Waals surface area contributed by atoms with Gasteiger partial charge in [-0.3, -0.25) is 9.59 Å². The second-order valence-electron chi connectivity index (χ2n) is 7.24. The quantitative estimate of drug-likeness (QED) is 0.741. The van der Waals surface area contributed by atoms with E-state index in [0.29, 0.717) is 12.8 Å². The van der Waals surface area contributed by atoms with Crippen LogP contribution in [0.2, 0.25) is 0 Å². The summed E-state index contributed by atoms with van der Waals surface area (Å²) in [4.78, 5) is 27.9. The molecule has 1 aliphatic heterocycles. The highest BCUT2D eigenvalue weighted by atomic mass is 16.1. The molecule has 130 valence electrons. The summed E-state index contributed by atoms with van der Waals surface area (Å²) in [7, 11) is 2.10. The van der Waals surface area contributed by atoms with E-state index < -0.39 is 0 Å². The normalized spacial score (nSPS) is 17.2. The van der Waals surface area contributed by atoms with Crippen LogP contribution in [0.4, 0.5) is 0 Å². The van der Waals surface area contributed by atoms with Gasteiger partial charge in [-0.05, 0) is 38.4 Å². The summed E-state index contributed by atoms with van der Waals surface area (Å²) < 4.78 is 0. The summed E-state index contributed by atoms with van der Waals surface area (Å²) in [5, 5.41) is 0. The average Bonchev–Trinajstić information content (AvgIpc) is 2.65. The van der Waals surface area contributed by atoms with E-state index in [1.165, 1.54) is 0 Å². The Morgan fingerprint density at radius 3 is 1.60 bits per heavy atom. The minimum atomic E-state index is -0.230. The molecule has 0 radical (unpaired) electrons. The van der Waals surface area contributed by atoms with Crippen LogP contribution in [0, 0.1) is 5.41 Å². The zero-order chi connectivity index (χ0) is 17.7. The van der Waals surface area contributed by atoms with Gasteiger partial charge in [-0.2, -0.15) is 0 Å². The highest BCUT2D eigenvalue weighted by Crippen LogP contribution is 2.40. The molecule has 0 aromatic heterocycles. The smallest absolute Gasteiger partial charge is 0.163 e. The molecule has 0 spiro atoms. The van der Waals surface area contributed by atoms with E-state index in [9.17, 15) is 9.59 Å². The fourth-order valence-corrected chi connectivity index (χ4v) is 3.64. The summed E-state index contributed by atoms with van der Waals surface area (Å²) in [6.45, 7) is 1.87. The SMILES string of the molecule is CN1CCC(CC(=O)c2ccccc2)(CC(=O)c2ccccc2)CC1. The van der Waals surface area contributed by atoms with Gasteiger partial charge in [-0.25, -0.2) is 0 Å². The first-order valence-corrected chi connectivity index (χ1v) is 8.93. The summed E-state index contributed by atoms with van der Waals surface area (Å²) >= 11 is 0. The topological polar surface area (TPSA) is 37.4 Å². The minimum Gasteiger partial charge on any atom is -0.306 e. The third-order valence-corrected chi connectivity index (χ3v) is 5.31. The van der Waals surface area contributed by atoms with Gasteiger partial charge in [-0.1, -0.05) is 60.7 Å². The Bertz CT molecular complexity index is 661. The Balaban J connectivity index is 1.79. The first-order chi connectivity index (χ1) is 12.1. The second kappa shape index (κ2) is 7.75. The number of carbonyl (C=O) groups excluding carboxylic acids is 2. The summed E-state index contributed by atoms with van der Waals surface area (Å²) in [6.07, 6.45) is 2.67. The maximum absolute atomic E-state index is 12.8. The molecule has 2 aromatic rings. The lowest BCUT2D eigenvalue weighted by molar-refractivity contribution is 0.0662. The zero-order valence-corrected chi connectivity index (χ0v) is 14.8. The Labute approximate surface area is 149 Å². The average molecular weight is 335 g/mol. The van der Waals surface area contributed by atoms with Crippen LogP contribution in [0.1, 0.15) is 46.4 Å². The molecule has 0 N–H and O–H groups in total. The third-order valence-electron chi connectivity index (χ3n) is 5.31. The van der Waals surface area contributed by atoms with E-state index >= 15 is 0 Å². The highest BCUT2D eigenvalue weighted by molar-refractivity contribution is 5.99. The molecule has 3 rings (SSSR count). The molecule has 3 heteroatoms. The molecule has 0 aliphatic carbocycles. The Kier molecular flexibility index (Phi) is 5.44. The Hall–Kier alpha value is -2.26. The van der Waals surface area contributed by atoms with Crippen LogP contribution >= 0.6 is 0 Å². The van der Waals surface area contributed by atoms with E-state index in [0.717, 1.165) is 37.1 Å². The van der Waals surface area contributed by atoms with Crippen LogP contribution in [-0.4, -0.2) is 36.6 Å². The Morgan fingerprint density at radius 1 is 0.800 bits per heavy atom. The molecule has 1 fully saturated rings. The molecule has 2 aromatic carbocycles. The predicted octanol–water partition coefficient (Wildman–Crippen LogP) is 4.24. The van der Waals surface area contributed by atoms with Gasteiger partial charge < -0.3 is 4.90 Å². The van der Waals surface area contributed by atoms with E-state index in [1.807, 2.05) is 60.7 Å². The van der Waals surface area contributed by atoms with Crippen molar-refractivity contribution < 1.29 is 9.59 Å². The highest BCUT2D eigenvalue weighted by Gasteiger charge is 2.37. The van der Waals surface area contributed by atoms with E-state index in [-0.39, 0.29) is 17.0 Å². The minimum absolute atomic E-state index is 0.144. The standard InChI is InChI=1S/C22H25NO2/c1-23-14-12-22(13-15-23,16-20(24)18-8-4-2-5-9-18)17-21(25)19-10-6-3-7-11-19/h2-11H,12-17H2,1H3. The number of piperidine rings is 1. The van der Waals surface area contributed by atoms with Gasteiger partial charge in [-0.15, -0.1) is 0 Å². The second-order valence-corrected chi connectivity index (χ2v) is 7.24. The van der Waals surface area contributed by atoms with Gasteiger partial charge in [0.05, 0.1) is 0 Å². The van der Waals surface area contributed by atoms with Gasteiger partial charge in [0, 0.05) is 24.0 Å². The number of benzene rings is 2. The largest absolute Gasteiger partial charge is 0.306 e. The van der Waals surface area contributed by atoms with Crippen LogP contribution in [0.25, 0.3) is 0 Å². The van der Waals surface area contributed by atoms with Crippen molar-refractivity contribution in [1.82, 2.24) is 4.90 Å². The molecule has 0 unspecified atom stereocenters. The molecule has 3 nitrogen and oxygen atoms in total. The van der Waals surface area contributed by atoms with Crippen LogP contribution < -0.4 is 0 Å².